The molecule has 1 aliphatic rings. The number of hydrogen-bond donors (Lipinski definition) is 2. The van der Waals surface area contributed by atoms with E-state index < -0.39 is 17.8 Å². The SMILES string of the molecule is COc1cccc(C(O)CC2CN(C(=O)OC(C)(C)C)CCC2O)c1. The fraction of sp³-hybridized carbons (Fsp3) is 0.632. The van der Waals surface area contributed by atoms with Crippen molar-refractivity contribution in [3.05, 3.63) is 29.8 Å². The molecule has 25 heavy (non-hydrogen) atoms. The molecular weight excluding hydrogens is 322 g/mol. The topological polar surface area (TPSA) is 79.2 Å². The summed E-state index contributed by atoms with van der Waals surface area (Å²) >= 11 is 0. The van der Waals surface area contributed by atoms with Gasteiger partial charge in [-0.05, 0) is 51.3 Å². The van der Waals surface area contributed by atoms with Crippen molar-refractivity contribution in [1.82, 2.24) is 4.90 Å². The second-order valence-electron chi connectivity index (χ2n) is 7.57. The van der Waals surface area contributed by atoms with Gasteiger partial charge >= 0.3 is 6.09 Å². The van der Waals surface area contributed by atoms with Crippen molar-refractivity contribution in [3.63, 3.8) is 0 Å². The lowest BCUT2D eigenvalue weighted by molar-refractivity contribution is -0.0200. The van der Waals surface area contributed by atoms with Crippen LogP contribution in [0.5, 0.6) is 5.75 Å². The van der Waals surface area contributed by atoms with Crippen LogP contribution in [0.3, 0.4) is 0 Å². The smallest absolute Gasteiger partial charge is 0.410 e. The minimum absolute atomic E-state index is 0.206. The Morgan fingerprint density at radius 2 is 2.12 bits per heavy atom. The van der Waals surface area contributed by atoms with Crippen molar-refractivity contribution in [2.75, 3.05) is 20.2 Å². The zero-order chi connectivity index (χ0) is 18.6. The Morgan fingerprint density at radius 1 is 1.40 bits per heavy atom. The van der Waals surface area contributed by atoms with Gasteiger partial charge in [-0.15, -0.1) is 0 Å². The van der Waals surface area contributed by atoms with Crippen molar-refractivity contribution in [2.45, 2.75) is 51.4 Å². The number of ether oxygens (including phenoxy) is 2. The van der Waals surface area contributed by atoms with Crippen molar-refractivity contribution in [1.29, 1.82) is 0 Å². The van der Waals surface area contributed by atoms with Gasteiger partial charge in [-0.3, -0.25) is 0 Å². The van der Waals surface area contributed by atoms with Gasteiger partial charge in [-0.1, -0.05) is 12.1 Å². The van der Waals surface area contributed by atoms with Crippen molar-refractivity contribution in [2.24, 2.45) is 5.92 Å². The second kappa shape index (κ2) is 8.06. The van der Waals surface area contributed by atoms with Crippen LogP contribution in [-0.4, -0.2) is 53.1 Å². The molecule has 1 aromatic carbocycles. The molecule has 1 aromatic rings. The lowest BCUT2D eigenvalue weighted by Crippen LogP contribution is -2.48. The molecule has 1 saturated heterocycles. The number of aliphatic hydroxyl groups excluding tert-OH is 2. The molecule has 0 spiro atoms. The maximum Gasteiger partial charge on any atom is 0.410 e. The number of carbonyl (C=O) groups is 1. The van der Waals surface area contributed by atoms with E-state index in [0.717, 1.165) is 5.56 Å². The zero-order valence-corrected chi connectivity index (χ0v) is 15.4. The summed E-state index contributed by atoms with van der Waals surface area (Å²) in [4.78, 5) is 13.9. The fourth-order valence-electron chi connectivity index (χ4n) is 3.02. The number of amides is 1. The summed E-state index contributed by atoms with van der Waals surface area (Å²) in [6, 6.07) is 7.25. The third kappa shape index (κ3) is 5.61. The average Bonchev–Trinajstić information content (AvgIpc) is 2.55. The van der Waals surface area contributed by atoms with Crippen LogP contribution in [0.25, 0.3) is 0 Å². The number of piperidine rings is 1. The molecule has 6 nitrogen and oxygen atoms in total. The summed E-state index contributed by atoms with van der Waals surface area (Å²) in [5, 5.41) is 20.8. The highest BCUT2D eigenvalue weighted by molar-refractivity contribution is 5.68. The summed E-state index contributed by atoms with van der Waals surface area (Å²) in [7, 11) is 1.58. The van der Waals surface area contributed by atoms with Gasteiger partial charge in [0, 0.05) is 19.0 Å². The van der Waals surface area contributed by atoms with Crippen LogP contribution in [0.2, 0.25) is 0 Å². The molecule has 3 unspecified atom stereocenters. The van der Waals surface area contributed by atoms with Crippen LogP contribution in [0.15, 0.2) is 24.3 Å². The molecule has 1 aliphatic heterocycles. The Hall–Kier alpha value is -1.79. The number of benzene rings is 1. The van der Waals surface area contributed by atoms with Crippen LogP contribution >= 0.6 is 0 Å². The van der Waals surface area contributed by atoms with E-state index in [4.69, 9.17) is 9.47 Å². The van der Waals surface area contributed by atoms with Gasteiger partial charge in [0.25, 0.3) is 0 Å². The zero-order valence-electron chi connectivity index (χ0n) is 15.4. The van der Waals surface area contributed by atoms with Gasteiger partial charge < -0.3 is 24.6 Å². The summed E-state index contributed by atoms with van der Waals surface area (Å²) in [5.41, 5.74) is 0.184. The maximum absolute atomic E-state index is 12.2. The Morgan fingerprint density at radius 3 is 2.76 bits per heavy atom. The molecule has 1 amide bonds. The predicted octanol–water partition coefficient (Wildman–Crippen LogP) is 2.74. The van der Waals surface area contributed by atoms with E-state index in [1.165, 1.54) is 0 Å². The largest absolute Gasteiger partial charge is 0.497 e. The maximum atomic E-state index is 12.2. The first-order chi connectivity index (χ1) is 11.7. The lowest BCUT2D eigenvalue weighted by Gasteiger charge is -2.37. The van der Waals surface area contributed by atoms with E-state index in [1.54, 1.807) is 18.1 Å². The third-order valence-electron chi connectivity index (χ3n) is 4.35. The monoisotopic (exact) mass is 351 g/mol. The van der Waals surface area contributed by atoms with E-state index in [0.29, 0.717) is 31.7 Å². The molecule has 0 aliphatic carbocycles. The molecule has 1 fully saturated rings. The minimum Gasteiger partial charge on any atom is -0.497 e. The molecule has 2 rings (SSSR count). The lowest BCUT2D eigenvalue weighted by atomic mass is 9.88. The molecule has 0 radical (unpaired) electrons. The van der Waals surface area contributed by atoms with E-state index in [1.807, 2.05) is 39.0 Å². The van der Waals surface area contributed by atoms with Crippen LogP contribution in [0, 0.1) is 5.92 Å². The summed E-state index contributed by atoms with van der Waals surface area (Å²) in [6.45, 7) is 6.31. The van der Waals surface area contributed by atoms with Gasteiger partial charge in [0.1, 0.15) is 11.4 Å². The van der Waals surface area contributed by atoms with Crippen molar-refractivity contribution < 1.29 is 24.5 Å². The highest BCUT2D eigenvalue weighted by atomic mass is 16.6. The number of nitrogens with zero attached hydrogens (tertiary/aromatic N) is 1. The highest BCUT2D eigenvalue weighted by Gasteiger charge is 2.33. The Kier molecular flexibility index (Phi) is 6.30. The predicted molar refractivity (Wildman–Crippen MR) is 94.5 cm³/mol. The second-order valence-corrected chi connectivity index (χ2v) is 7.57. The number of likely N-dealkylation sites (tertiary alicyclic amines) is 1. The van der Waals surface area contributed by atoms with Crippen LogP contribution in [-0.2, 0) is 4.74 Å². The first-order valence-corrected chi connectivity index (χ1v) is 8.67. The number of rotatable bonds is 4. The Labute approximate surface area is 149 Å². The number of methoxy groups -OCH3 is 1. The summed E-state index contributed by atoms with van der Waals surface area (Å²) in [6.07, 6.45) is -0.796. The van der Waals surface area contributed by atoms with Crippen LogP contribution in [0.1, 0.15) is 45.3 Å². The van der Waals surface area contributed by atoms with Gasteiger partial charge in [-0.2, -0.15) is 0 Å². The van der Waals surface area contributed by atoms with Crippen LogP contribution in [0.4, 0.5) is 4.79 Å². The van der Waals surface area contributed by atoms with Crippen molar-refractivity contribution in [3.8, 4) is 5.75 Å². The Bertz CT molecular complexity index is 583. The first-order valence-electron chi connectivity index (χ1n) is 8.67. The molecule has 3 atom stereocenters. The van der Waals surface area contributed by atoms with Gasteiger partial charge in [0.05, 0.1) is 19.3 Å². The van der Waals surface area contributed by atoms with E-state index in [9.17, 15) is 15.0 Å². The molecule has 6 heteroatoms. The summed E-state index contributed by atoms with van der Waals surface area (Å²) in [5.74, 6) is 0.471. The molecule has 140 valence electrons. The molecule has 0 bridgehead atoms. The first kappa shape index (κ1) is 19.5. The summed E-state index contributed by atoms with van der Waals surface area (Å²) < 4.78 is 10.6. The van der Waals surface area contributed by atoms with E-state index in [2.05, 4.69) is 0 Å². The van der Waals surface area contributed by atoms with Gasteiger partial charge in [0.15, 0.2) is 0 Å². The molecule has 0 saturated carbocycles. The van der Waals surface area contributed by atoms with E-state index in [-0.39, 0.29) is 12.0 Å². The quantitative estimate of drug-likeness (QED) is 0.872. The number of carbonyl (C=O) groups excluding carboxylic acids is 1. The molecular formula is C19H29NO5. The normalized spacial score (nSPS) is 22.4. The Balaban J connectivity index is 2.00. The molecule has 0 aromatic heterocycles. The van der Waals surface area contributed by atoms with E-state index >= 15 is 0 Å². The van der Waals surface area contributed by atoms with Gasteiger partial charge in [-0.25, -0.2) is 4.79 Å². The molecule has 1 heterocycles. The highest BCUT2D eigenvalue weighted by Crippen LogP contribution is 2.30. The number of aliphatic hydroxyl groups is 2. The standard InChI is InChI=1S/C19H29NO5/c1-19(2,3)25-18(23)20-9-8-16(21)14(12-20)11-17(22)13-6-5-7-15(10-13)24-4/h5-7,10,14,16-17,21-22H,8-9,11-12H2,1-4H3. The minimum atomic E-state index is -0.728. The van der Waals surface area contributed by atoms with Crippen molar-refractivity contribution >= 4 is 6.09 Å². The van der Waals surface area contributed by atoms with Crippen LogP contribution < -0.4 is 4.74 Å². The third-order valence-corrected chi connectivity index (χ3v) is 4.35. The number of hydrogen-bond acceptors (Lipinski definition) is 5. The average molecular weight is 351 g/mol. The van der Waals surface area contributed by atoms with Gasteiger partial charge in [0.2, 0.25) is 0 Å². The fourth-order valence-corrected chi connectivity index (χ4v) is 3.02. The molecule has 2 N–H and O–H groups in total.